The van der Waals surface area contributed by atoms with Crippen LogP contribution in [0.25, 0.3) is 11.0 Å². The predicted octanol–water partition coefficient (Wildman–Crippen LogP) is 3.01. The minimum atomic E-state index is -0.137. The summed E-state index contributed by atoms with van der Waals surface area (Å²) in [4.78, 5) is 32.7. The van der Waals surface area contributed by atoms with E-state index in [9.17, 15) is 9.59 Å². The van der Waals surface area contributed by atoms with Gasteiger partial charge in [0.05, 0.1) is 24.1 Å². The number of thioether (sulfide) groups is 1. The van der Waals surface area contributed by atoms with E-state index in [2.05, 4.69) is 15.3 Å². The van der Waals surface area contributed by atoms with E-state index < -0.39 is 0 Å². The molecule has 3 aromatic rings. The largest absolute Gasteiger partial charge is 0.467 e. The van der Waals surface area contributed by atoms with Gasteiger partial charge < -0.3 is 14.7 Å². The summed E-state index contributed by atoms with van der Waals surface area (Å²) in [5, 5.41) is 3.36. The maximum absolute atomic E-state index is 12.9. The van der Waals surface area contributed by atoms with Crippen molar-refractivity contribution >= 4 is 28.7 Å². The second-order valence-corrected chi connectivity index (χ2v) is 7.13. The van der Waals surface area contributed by atoms with Gasteiger partial charge in [-0.2, -0.15) is 0 Å². The van der Waals surface area contributed by atoms with Gasteiger partial charge in [0.1, 0.15) is 11.3 Å². The highest BCUT2D eigenvalue weighted by molar-refractivity contribution is 7.99. The van der Waals surface area contributed by atoms with E-state index >= 15 is 0 Å². The van der Waals surface area contributed by atoms with Crippen LogP contribution in [0.2, 0.25) is 0 Å². The lowest BCUT2D eigenvalue weighted by Crippen LogP contribution is -2.28. The van der Waals surface area contributed by atoms with Crippen LogP contribution >= 0.6 is 11.8 Å². The van der Waals surface area contributed by atoms with Crippen molar-refractivity contribution in [3.8, 4) is 0 Å². The Morgan fingerprint density at radius 1 is 1.50 bits per heavy atom. The standard InChI is InChI=1S/C18H22N4O3S/c1-4-12(3)22-17(24)16-14(8-11(2)20-16)21-18(22)26-10-15(23)19-9-13-6-5-7-25-13/h5-8,12,20H,4,9-10H2,1-3H3,(H,19,23)/t12-/m1/s1. The summed E-state index contributed by atoms with van der Waals surface area (Å²) < 4.78 is 6.86. The zero-order chi connectivity index (χ0) is 18.7. The maximum Gasteiger partial charge on any atom is 0.278 e. The predicted molar refractivity (Wildman–Crippen MR) is 101 cm³/mol. The fourth-order valence-electron chi connectivity index (χ4n) is 2.64. The van der Waals surface area contributed by atoms with E-state index in [0.717, 1.165) is 12.1 Å². The first kappa shape index (κ1) is 18.3. The SMILES string of the molecule is CC[C@@H](C)n1c(SCC(=O)NCc2ccco2)nc2cc(C)[nH]c2c1=O. The van der Waals surface area contributed by atoms with E-state index in [1.165, 1.54) is 11.8 Å². The van der Waals surface area contributed by atoms with E-state index in [4.69, 9.17) is 4.42 Å². The van der Waals surface area contributed by atoms with Crippen LogP contribution in [0.3, 0.4) is 0 Å². The summed E-state index contributed by atoms with van der Waals surface area (Å²) in [6.07, 6.45) is 2.37. The van der Waals surface area contributed by atoms with Gasteiger partial charge >= 0.3 is 0 Å². The molecule has 1 atom stereocenters. The van der Waals surface area contributed by atoms with Crippen LogP contribution < -0.4 is 10.9 Å². The zero-order valence-electron chi connectivity index (χ0n) is 15.0. The van der Waals surface area contributed by atoms with Crippen molar-refractivity contribution in [3.63, 3.8) is 0 Å². The Morgan fingerprint density at radius 2 is 2.31 bits per heavy atom. The van der Waals surface area contributed by atoms with Crippen LogP contribution in [-0.2, 0) is 11.3 Å². The number of rotatable bonds is 7. The highest BCUT2D eigenvalue weighted by atomic mass is 32.2. The van der Waals surface area contributed by atoms with Crippen molar-refractivity contribution in [1.29, 1.82) is 0 Å². The van der Waals surface area contributed by atoms with E-state index in [0.29, 0.717) is 28.5 Å². The molecule has 0 aliphatic carbocycles. The molecular weight excluding hydrogens is 352 g/mol. The summed E-state index contributed by atoms with van der Waals surface area (Å²) in [5.74, 6) is 0.738. The monoisotopic (exact) mass is 374 g/mol. The Labute approximate surface area is 155 Å². The highest BCUT2D eigenvalue weighted by Crippen LogP contribution is 2.22. The highest BCUT2D eigenvalue weighted by Gasteiger charge is 2.18. The summed E-state index contributed by atoms with van der Waals surface area (Å²) in [6, 6.07) is 5.42. The molecule has 3 heterocycles. The lowest BCUT2D eigenvalue weighted by Gasteiger charge is -2.17. The normalized spacial score (nSPS) is 12.4. The quantitative estimate of drug-likeness (QED) is 0.490. The topological polar surface area (TPSA) is 92.9 Å². The molecule has 0 saturated carbocycles. The molecule has 1 amide bonds. The fourth-order valence-corrected chi connectivity index (χ4v) is 3.57. The number of nitrogens with one attached hydrogen (secondary N) is 2. The number of carbonyl (C=O) groups excluding carboxylic acids is 1. The molecule has 0 aromatic carbocycles. The third kappa shape index (κ3) is 3.85. The molecule has 0 bridgehead atoms. The molecule has 0 saturated heterocycles. The first-order chi connectivity index (χ1) is 12.5. The van der Waals surface area contributed by atoms with Crippen LogP contribution in [-0.4, -0.2) is 26.2 Å². The first-order valence-electron chi connectivity index (χ1n) is 8.53. The minimum Gasteiger partial charge on any atom is -0.467 e. The molecule has 0 aliphatic heterocycles. The van der Waals surface area contributed by atoms with Crippen LogP contribution in [0.4, 0.5) is 0 Å². The first-order valence-corrected chi connectivity index (χ1v) is 9.52. The molecule has 0 unspecified atom stereocenters. The van der Waals surface area contributed by atoms with Gasteiger partial charge in [-0.3, -0.25) is 14.2 Å². The minimum absolute atomic E-state index is 0.00307. The van der Waals surface area contributed by atoms with E-state index in [-0.39, 0.29) is 23.3 Å². The van der Waals surface area contributed by atoms with Crippen LogP contribution in [0, 0.1) is 6.92 Å². The summed E-state index contributed by atoms with van der Waals surface area (Å²) in [7, 11) is 0. The molecule has 2 N–H and O–H groups in total. The number of hydrogen-bond acceptors (Lipinski definition) is 5. The second-order valence-electron chi connectivity index (χ2n) is 6.18. The number of H-pyrrole nitrogens is 1. The third-order valence-electron chi connectivity index (χ3n) is 4.19. The van der Waals surface area contributed by atoms with Crippen molar-refractivity contribution in [1.82, 2.24) is 19.9 Å². The fraction of sp³-hybridized carbons (Fsp3) is 0.389. The van der Waals surface area contributed by atoms with Crippen molar-refractivity contribution in [3.05, 3.63) is 46.3 Å². The average molecular weight is 374 g/mol. The van der Waals surface area contributed by atoms with Gasteiger partial charge in [0.2, 0.25) is 5.91 Å². The van der Waals surface area contributed by atoms with Gasteiger partial charge in [-0.25, -0.2) is 4.98 Å². The Morgan fingerprint density at radius 3 is 3.00 bits per heavy atom. The van der Waals surface area contributed by atoms with Gasteiger partial charge in [-0.1, -0.05) is 18.7 Å². The molecule has 26 heavy (non-hydrogen) atoms. The molecule has 0 spiro atoms. The number of fused-ring (bicyclic) bond motifs is 1. The Hall–Kier alpha value is -2.48. The van der Waals surface area contributed by atoms with Crippen LogP contribution in [0.1, 0.15) is 37.8 Å². The van der Waals surface area contributed by atoms with Crippen molar-refractivity contribution in [2.24, 2.45) is 0 Å². The Kier molecular flexibility index (Phi) is 5.51. The van der Waals surface area contributed by atoms with Gasteiger partial charge in [0.25, 0.3) is 5.56 Å². The molecule has 0 radical (unpaired) electrons. The van der Waals surface area contributed by atoms with E-state index in [1.54, 1.807) is 23.0 Å². The van der Waals surface area contributed by atoms with Crippen molar-refractivity contribution < 1.29 is 9.21 Å². The molecular formula is C18H22N4O3S. The number of aryl methyl sites for hydroxylation is 1. The average Bonchev–Trinajstić information content (AvgIpc) is 3.26. The Balaban J connectivity index is 1.79. The zero-order valence-corrected chi connectivity index (χ0v) is 15.9. The van der Waals surface area contributed by atoms with Gasteiger partial charge in [-0.05, 0) is 38.5 Å². The Bertz CT molecular complexity index is 959. The molecule has 3 rings (SSSR count). The number of carbonyl (C=O) groups is 1. The number of amides is 1. The second kappa shape index (κ2) is 7.82. The number of aromatic nitrogens is 3. The number of nitrogens with zero attached hydrogens (tertiary/aromatic N) is 2. The molecule has 0 fully saturated rings. The number of aromatic amines is 1. The van der Waals surface area contributed by atoms with Crippen molar-refractivity contribution in [2.45, 2.75) is 44.9 Å². The molecule has 138 valence electrons. The van der Waals surface area contributed by atoms with Crippen LogP contribution in [0.15, 0.2) is 38.8 Å². The maximum atomic E-state index is 12.9. The smallest absolute Gasteiger partial charge is 0.278 e. The molecule has 8 heteroatoms. The lowest BCUT2D eigenvalue weighted by molar-refractivity contribution is -0.118. The number of furan rings is 1. The van der Waals surface area contributed by atoms with Gasteiger partial charge in [0, 0.05) is 11.7 Å². The summed E-state index contributed by atoms with van der Waals surface area (Å²) in [6.45, 7) is 6.23. The summed E-state index contributed by atoms with van der Waals surface area (Å²) in [5.41, 5.74) is 1.93. The van der Waals surface area contributed by atoms with Gasteiger partial charge in [0.15, 0.2) is 5.16 Å². The summed E-state index contributed by atoms with van der Waals surface area (Å²) >= 11 is 1.27. The number of hydrogen-bond donors (Lipinski definition) is 2. The third-order valence-corrected chi connectivity index (χ3v) is 5.14. The lowest BCUT2D eigenvalue weighted by atomic mass is 10.2. The van der Waals surface area contributed by atoms with E-state index in [1.807, 2.05) is 26.8 Å². The van der Waals surface area contributed by atoms with Crippen LogP contribution in [0.5, 0.6) is 0 Å². The molecule has 3 aromatic heterocycles. The van der Waals surface area contributed by atoms with Crippen molar-refractivity contribution in [2.75, 3.05) is 5.75 Å². The molecule has 7 nitrogen and oxygen atoms in total. The van der Waals surface area contributed by atoms with Gasteiger partial charge in [-0.15, -0.1) is 0 Å². The molecule has 0 aliphatic rings.